The lowest BCUT2D eigenvalue weighted by Gasteiger charge is -2.14. The second kappa shape index (κ2) is 6.76. The van der Waals surface area contributed by atoms with Crippen molar-refractivity contribution in [2.45, 2.75) is 13.5 Å². The Hall–Kier alpha value is -3.33. The van der Waals surface area contributed by atoms with E-state index in [-0.39, 0.29) is 18.0 Å². The molecule has 1 N–H and O–H groups in total. The predicted molar refractivity (Wildman–Crippen MR) is 101 cm³/mol. The number of hydrogen-bond donors (Lipinski definition) is 1. The number of aromatic nitrogens is 4. The van der Waals surface area contributed by atoms with Crippen LogP contribution in [0.15, 0.2) is 46.1 Å². The van der Waals surface area contributed by atoms with Gasteiger partial charge in [-0.15, -0.1) is 11.3 Å². The summed E-state index contributed by atoms with van der Waals surface area (Å²) in [5.74, 6) is 0.340. The van der Waals surface area contributed by atoms with E-state index < -0.39 is 0 Å². The van der Waals surface area contributed by atoms with Crippen LogP contribution in [0.1, 0.15) is 21.0 Å². The number of pyridine rings is 1. The Morgan fingerprint density at radius 3 is 2.89 bits per heavy atom. The van der Waals surface area contributed by atoms with Gasteiger partial charge in [0.2, 0.25) is 0 Å². The zero-order valence-corrected chi connectivity index (χ0v) is 15.4. The van der Waals surface area contributed by atoms with Crippen molar-refractivity contribution in [1.82, 2.24) is 25.0 Å². The minimum atomic E-state index is -0.245. The highest BCUT2D eigenvalue weighted by atomic mass is 32.1. The van der Waals surface area contributed by atoms with E-state index in [1.807, 2.05) is 18.2 Å². The van der Waals surface area contributed by atoms with Gasteiger partial charge in [0, 0.05) is 19.3 Å². The van der Waals surface area contributed by atoms with Gasteiger partial charge in [0.25, 0.3) is 11.5 Å². The van der Waals surface area contributed by atoms with Crippen LogP contribution in [0.3, 0.4) is 0 Å². The molecule has 0 atom stereocenters. The molecule has 0 radical (unpaired) electrons. The number of fused-ring (bicyclic) bond motifs is 1. The number of nitrogens with one attached hydrogen (secondary N) is 1. The number of carbonyl (C=O) groups is 1. The Labute approximate surface area is 157 Å². The van der Waals surface area contributed by atoms with Crippen molar-refractivity contribution in [2.75, 3.05) is 7.05 Å². The topological polar surface area (TPSA) is 105 Å². The summed E-state index contributed by atoms with van der Waals surface area (Å²) >= 11 is 1.21. The molecule has 0 fully saturated rings. The van der Waals surface area contributed by atoms with Gasteiger partial charge in [-0.2, -0.15) is 0 Å². The molecule has 0 unspecified atom stereocenters. The van der Waals surface area contributed by atoms with Gasteiger partial charge in [-0.3, -0.25) is 14.6 Å². The van der Waals surface area contributed by atoms with Crippen LogP contribution in [0.5, 0.6) is 0 Å². The van der Waals surface area contributed by atoms with E-state index >= 15 is 0 Å². The maximum absolute atomic E-state index is 12.8. The van der Waals surface area contributed by atoms with Crippen LogP contribution in [-0.4, -0.2) is 38.0 Å². The monoisotopic (exact) mass is 381 g/mol. The summed E-state index contributed by atoms with van der Waals surface area (Å²) in [7, 11) is 1.67. The minimum absolute atomic E-state index is 0.203. The third kappa shape index (κ3) is 3.13. The summed E-state index contributed by atoms with van der Waals surface area (Å²) in [5.41, 5.74) is 1.70. The number of thiophene rings is 1. The first-order valence-corrected chi connectivity index (χ1v) is 8.95. The molecule has 1 amide bonds. The molecule has 4 aromatic rings. The van der Waals surface area contributed by atoms with Crippen molar-refractivity contribution < 1.29 is 9.32 Å². The lowest BCUT2D eigenvalue weighted by Crippen LogP contribution is -2.25. The number of H-pyrrole nitrogens is 1. The quantitative estimate of drug-likeness (QED) is 0.583. The van der Waals surface area contributed by atoms with Gasteiger partial charge in [0.15, 0.2) is 5.76 Å². The summed E-state index contributed by atoms with van der Waals surface area (Å²) in [6, 6.07) is 7.29. The van der Waals surface area contributed by atoms with E-state index in [4.69, 9.17) is 4.52 Å². The number of nitrogens with zero attached hydrogens (tertiary/aromatic N) is 4. The van der Waals surface area contributed by atoms with Crippen molar-refractivity contribution >= 4 is 27.5 Å². The first kappa shape index (κ1) is 17.1. The molecular formula is C18H15N5O3S. The molecule has 0 aliphatic rings. The fourth-order valence-electron chi connectivity index (χ4n) is 2.78. The molecule has 9 heteroatoms. The molecule has 0 saturated carbocycles. The smallest absolute Gasteiger partial charge is 0.264 e. The van der Waals surface area contributed by atoms with Crippen molar-refractivity contribution in [2.24, 2.45) is 0 Å². The lowest BCUT2D eigenvalue weighted by molar-refractivity contribution is 0.0776. The number of carbonyl (C=O) groups excluding carboxylic acids is 1. The van der Waals surface area contributed by atoms with Crippen LogP contribution in [0.4, 0.5) is 0 Å². The SMILES string of the molecule is Cc1c(C(=O)N(C)Cc2cc(-c3ccccn3)no2)sc2nc[nH]c(=O)c12. The summed E-state index contributed by atoms with van der Waals surface area (Å²) in [6.07, 6.45) is 3.02. The molecule has 4 rings (SSSR count). The van der Waals surface area contributed by atoms with Gasteiger partial charge in [0.05, 0.1) is 28.8 Å². The molecule has 27 heavy (non-hydrogen) atoms. The molecule has 0 aliphatic carbocycles. The largest absolute Gasteiger partial charge is 0.359 e. The average molecular weight is 381 g/mol. The van der Waals surface area contributed by atoms with Crippen molar-refractivity contribution in [3.63, 3.8) is 0 Å². The third-order valence-electron chi connectivity index (χ3n) is 4.15. The Morgan fingerprint density at radius 1 is 1.30 bits per heavy atom. The maximum atomic E-state index is 12.8. The standard InChI is InChI=1S/C18H15N5O3S/c1-10-14-16(24)20-9-21-17(14)27-15(10)18(25)23(2)8-11-7-13(22-26-11)12-5-3-4-6-19-12/h3-7,9H,8H2,1-2H3,(H,20,21,24). The summed E-state index contributed by atoms with van der Waals surface area (Å²) in [4.78, 5) is 38.3. The zero-order valence-electron chi connectivity index (χ0n) is 14.6. The molecular weight excluding hydrogens is 366 g/mol. The molecule has 0 saturated heterocycles. The lowest BCUT2D eigenvalue weighted by atomic mass is 10.2. The van der Waals surface area contributed by atoms with Crippen LogP contribution >= 0.6 is 11.3 Å². The molecule has 4 heterocycles. The highest BCUT2D eigenvalue weighted by molar-refractivity contribution is 7.20. The molecule has 4 aromatic heterocycles. The number of hydrogen-bond acceptors (Lipinski definition) is 7. The Kier molecular flexibility index (Phi) is 4.28. The number of aryl methyl sites for hydroxylation is 1. The van der Waals surface area contributed by atoms with Crippen molar-refractivity contribution in [3.05, 3.63) is 63.3 Å². The van der Waals surface area contributed by atoms with E-state index in [9.17, 15) is 9.59 Å². The van der Waals surface area contributed by atoms with Gasteiger partial charge in [-0.05, 0) is 24.6 Å². The molecule has 0 spiro atoms. The van der Waals surface area contributed by atoms with E-state index in [1.54, 1.807) is 26.2 Å². The van der Waals surface area contributed by atoms with Gasteiger partial charge >= 0.3 is 0 Å². The predicted octanol–water partition coefficient (Wildman–Crippen LogP) is 2.62. The molecule has 0 aromatic carbocycles. The molecule has 8 nitrogen and oxygen atoms in total. The van der Waals surface area contributed by atoms with Gasteiger partial charge < -0.3 is 14.4 Å². The highest BCUT2D eigenvalue weighted by Crippen LogP contribution is 2.28. The van der Waals surface area contributed by atoms with E-state index in [0.29, 0.717) is 37.8 Å². The van der Waals surface area contributed by atoms with Crippen molar-refractivity contribution in [1.29, 1.82) is 0 Å². The van der Waals surface area contributed by atoms with Gasteiger partial charge in [-0.25, -0.2) is 4.98 Å². The second-order valence-electron chi connectivity index (χ2n) is 6.02. The van der Waals surface area contributed by atoms with E-state index in [0.717, 1.165) is 0 Å². The maximum Gasteiger partial charge on any atom is 0.264 e. The fraction of sp³-hybridized carbons (Fsp3) is 0.167. The molecule has 0 aliphatic heterocycles. The second-order valence-corrected chi connectivity index (χ2v) is 7.02. The van der Waals surface area contributed by atoms with Gasteiger partial charge in [-0.1, -0.05) is 11.2 Å². The zero-order chi connectivity index (χ0) is 19.0. The molecule has 136 valence electrons. The van der Waals surface area contributed by atoms with Crippen LogP contribution in [0.25, 0.3) is 21.6 Å². The number of amides is 1. The van der Waals surface area contributed by atoms with Crippen LogP contribution in [0.2, 0.25) is 0 Å². The number of rotatable bonds is 4. The average Bonchev–Trinajstić information content (AvgIpc) is 3.27. The summed E-state index contributed by atoms with van der Waals surface area (Å²) in [5, 5.41) is 4.46. The van der Waals surface area contributed by atoms with Crippen LogP contribution < -0.4 is 5.56 Å². The fourth-order valence-corrected chi connectivity index (χ4v) is 3.93. The van der Waals surface area contributed by atoms with Crippen molar-refractivity contribution in [3.8, 4) is 11.4 Å². The number of aromatic amines is 1. The molecule has 0 bridgehead atoms. The first-order chi connectivity index (χ1) is 13.0. The van der Waals surface area contributed by atoms with Crippen LogP contribution in [0, 0.1) is 6.92 Å². The minimum Gasteiger partial charge on any atom is -0.359 e. The normalized spacial score (nSPS) is 11.0. The third-order valence-corrected chi connectivity index (χ3v) is 5.34. The Balaban J connectivity index is 1.57. The summed E-state index contributed by atoms with van der Waals surface area (Å²) in [6.45, 7) is 2.00. The van der Waals surface area contributed by atoms with Crippen LogP contribution in [-0.2, 0) is 6.54 Å². The van der Waals surface area contributed by atoms with E-state index in [1.165, 1.54) is 22.6 Å². The van der Waals surface area contributed by atoms with Gasteiger partial charge in [0.1, 0.15) is 10.5 Å². The Morgan fingerprint density at radius 2 is 2.15 bits per heavy atom. The first-order valence-electron chi connectivity index (χ1n) is 8.14. The summed E-state index contributed by atoms with van der Waals surface area (Å²) < 4.78 is 5.34. The Bertz CT molecular complexity index is 1180. The highest BCUT2D eigenvalue weighted by Gasteiger charge is 2.22. The van der Waals surface area contributed by atoms with E-state index in [2.05, 4.69) is 20.1 Å².